The third-order valence-corrected chi connectivity index (χ3v) is 5.50. The molecule has 1 aliphatic carbocycles. The maximum Gasteiger partial charge on any atom is 0.335 e. The number of halogens is 2. The Kier molecular flexibility index (Phi) is 5.61. The van der Waals surface area contributed by atoms with Crippen molar-refractivity contribution in [1.29, 1.82) is 0 Å². The highest BCUT2D eigenvalue weighted by molar-refractivity contribution is 6.30. The molecule has 31 heavy (non-hydrogen) atoms. The van der Waals surface area contributed by atoms with Crippen LogP contribution < -0.4 is 10.1 Å². The molecule has 6 nitrogen and oxygen atoms in total. The summed E-state index contributed by atoms with van der Waals surface area (Å²) in [5.74, 6) is -1.81. The molecule has 4 rings (SSSR count). The molecule has 1 amide bonds. The minimum absolute atomic E-state index is 0.0127. The summed E-state index contributed by atoms with van der Waals surface area (Å²) in [6, 6.07) is 13.5. The van der Waals surface area contributed by atoms with Crippen LogP contribution in [0.2, 0.25) is 5.02 Å². The zero-order valence-electron chi connectivity index (χ0n) is 16.3. The van der Waals surface area contributed by atoms with E-state index in [1.165, 1.54) is 36.5 Å². The van der Waals surface area contributed by atoms with E-state index in [-0.39, 0.29) is 27.8 Å². The first-order valence-electron chi connectivity index (χ1n) is 9.62. The van der Waals surface area contributed by atoms with E-state index < -0.39 is 23.2 Å². The van der Waals surface area contributed by atoms with Crippen LogP contribution in [-0.2, 0) is 5.54 Å². The van der Waals surface area contributed by atoms with Gasteiger partial charge in [-0.2, -0.15) is 0 Å². The van der Waals surface area contributed by atoms with Gasteiger partial charge in [0, 0.05) is 12.3 Å². The van der Waals surface area contributed by atoms with Gasteiger partial charge >= 0.3 is 5.97 Å². The van der Waals surface area contributed by atoms with Gasteiger partial charge in [-0.15, -0.1) is 0 Å². The fourth-order valence-electron chi connectivity index (χ4n) is 3.56. The molecule has 1 saturated carbocycles. The van der Waals surface area contributed by atoms with Crippen LogP contribution in [0.1, 0.15) is 45.5 Å². The molecule has 1 heterocycles. The molecule has 158 valence electrons. The van der Waals surface area contributed by atoms with E-state index in [1.807, 2.05) is 0 Å². The predicted molar refractivity (Wildman–Crippen MR) is 112 cm³/mol. The number of ether oxygens (including phenoxy) is 1. The van der Waals surface area contributed by atoms with Crippen LogP contribution in [0.5, 0.6) is 11.6 Å². The van der Waals surface area contributed by atoms with Crippen molar-refractivity contribution in [2.45, 2.75) is 24.8 Å². The first-order chi connectivity index (χ1) is 14.9. The number of nitrogens with zero attached hydrogens (tertiary/aromatic N) is 1. The number of rotatable bonds is 6. The van der Waals surface area contributed by atoms with Crippen LogP contribution in [0.25, 0.3) is 0 Å². The predicted octanol–water partition coefficient (Wildman–Crippen LogP) is 5.17. The van der Waals surface area contributed by atoms with E-state index in [9.17, 15) is 19.1 Å². The number of carbonyl (C=O) groups is 2. The van der Waals surface area contributed by atoms with Gasteiger partial charge in [0.1, 0.15) is 17.1 Å². The molecule has 0 saturated heterocycles. The lowest BCUT2D eigenvalue weighted by molar-refractivity contribution is 0.0696. The molecule has 0 unspecified atom stereocenters. The molecule has 1 fully saturated rings. The molecule has 0 atom stereocenters. The highest BCUT2D eigenvalue weighted by Crippen LogP contribution is 2.42. The first kappa shape index (κ1) is 20.8. The van der Waals surface area contributed by atoms with E-state index in [1.54, 1.807) is 24.3 Å². The number of aromatic nitrogens is 1. The van der Waals surface area contributed by atoms with Crippen molar-refractivity contribution in [3.63, 3.8) is 0 Å². The highest BCUT2D eigenvalue weighted by atomic mass is 35.5. The second-order valence-electron chi connectivity index (χ2n) is 7.34. The molecular formula is C23H18ClFN2O4. The van der Waals surface area contributed by atoms with Crippen molar-refractivity contribution in [1.82, 2.24) is 10.3 Å². The second kappa shape index (κ2) is 8.35. The van der Waals surface area contributed by atoms with Gasteiger partial charge in [-0.1, -0.05) is 29.8 Å². The van der Waals surface area contributed by atoms with Crippen LogP contribution >= 0.6 is 11.6 Å². The minimum atomic E-state index is -1.03. The van der Waals surface area contributed by atoms with Crippen molar-refractivity contribution < 1.29 is 23.8 Å². The van der Waals surface area contributed by atoms with Crippen LogP contribution in [0.15, 0.2) is 60.8 Å². The molecule has 1 aromatic heterocycles. The Morgan fingerprint density at radius 3 is 2.58 bits per heavy atom. The minimum Gasteiger partial charge on any atom is -0.478 e. The van der Waals surface area contributed by atoms with E-state index in [2.05, 4.69) is 10.3 Å². The van der Waals surface area contributed by atoms with E-state index in [4.69, 9.17) is 16.3 Å². The lowest BCUT2D eigenvalue weighted by Crippen LogP contribution is -2.51. The van der Waals surface area contributed by atoms with Gasteiger partial charge in [-0.05, 0) is 55.2 Å². The number of hydrogen-bond acceptors (Lipinski definition) is 4. The maximum absolute atomic E-state index is 13.5. The quantitative estimate of drug-likeness (QED) is 0.551. The van der Waals surface area contributed by atoms with Crippen LogP contribution in [0, 0.1) is 5.82 Å². The Bertz CT molecular complexity index is 1160. The van der Waals surface area contributed by atoms with Gasteiger partial charge in [-0.25, -0.2) is 14.2 Å². The number of nitrogens with one attached hydrogen (secondary N) is 1. The lowest BCUT2D eigenvalue weighted by atomic mass is 9.71. The Hall–Kier alpha value is -3.45. The number of carboxylic acids is 1. The molecule has 0 aliphatic heterocycles. The number of hydrogen-bond donors (Lipinski definition) is 2. The average molecular weight is 441 g/mol. The molecule has 0 spiro atoms. The fourth-order valence-corrected chi connectivity index (χ4v) is 3.72. The third kappa shape index (κ3) is 4.36. The number of carboxylic acid groups (broad SMARTS) is 1. The number of aromatic carboxylic acids is 1. The molecule has 2 N–H and O–H groups in total. The maximum atomic E-state index is 13.5. The highest BCUT2D eigenvalue weighted by Gasteiger charge is 2.41. The van der Waals surface area contributed by atoms with Gasteiger partial charge in [0.15, 0.2) is 0 Å². The summed E-state index contributed by atoms with van der Waals surface area (Å²) >= 11 is 6.06. The zero-order valence-corrected chi connectivity index (χ0v) is 17.0. The Morgan fingerprint density at radius 1 is 1.13 bits per heavy atom. The number of carbonyl (C=O) groups excluding carboxylic acids is 1. The SMILES string of the molecule is O=C(O)c1cccc(C2(NC(=O)c3cc(Cl)cnc3Oc3cccc(F)c3)CCC2)c1. The van der Waals surface area contributed by atoms with Crippen molar-refractivity contribution in [3.05, 3.63) is 88.3 Å². The van der Waals surface area contributed by atoms with Crippen LogP contribution in [0.3, 0.4) is 0 Å². The molecular weight excluding hydrogens is 423 g/mol. The van der Waals surface area contributed by atoms with Gasteiger partial charge in [0.05, 0.1) is 16.1 Å². The van der Waals surface area contributed by atoms with Gasteiger partial charge in [0.2, 0.25) is 5.88 Å². The summed E-state index contributed by atoms with van der Waals surface area (Å²) in [6.07, 6.45) is 3.55. The van der Waals surface area contributed by atoms with E-state index in [0.29, 0.717) is 12.8 Å². The Labute approximate surface area is 182 Å². The van der Waals surface area contributed by atoms with E-state index in [0.717, 1.165) is 12.0 Å². The van der Waals surface area contributed by atoms with Gasteiger partial charge < -0.3 is 15.2 Å². The largest absolute Gasteiger partial charge is 0.478 e. The van der Waals surface area contributed by atoms with Crippen LogP contribution in [0.4, 0.5) is 4.39 Å². The molecule has 1 aliphatic rings. The number of benzene rings is 2. The second-order valence-corrected chi connectivity index (χ2v) is 7.78. The molecule has 3 aromatic rings. The standard InChI is InChI=1S/C23H18ClFN2O4/c24-16-11-19(21(26-13-16)31-18-7-2-6-17(25)12-18)20(28)27-23(8-3-9-23)15-5-1-4-14(10-15)22(29)30/h1-2,4-7,10-13H,3,8-9H2,(H,27,28)(H,29,30). The Balaban J connectivity index is 1.64. The first-order valence-corrected chi connectivity index (χ1v) is 9.99. The smallest absolute Gasteiger partial charge is 0.335 e. The van der Waals surface area contributed by atoms with Crippen molar-refractivity contribution in [2.24, 2.45) is 0 Å². The summed E-state index contributed by atoms with van der Waals surface area (Å²) in [5, 5.41) is 12.6. The normalized spacial score (nSPS) is 14.4. The molecule has 0 radical (unpaired) electrons. The monoisotopic (exact) mass is 440 g/mol. The van der Waals surface area contributed by atoms with Gasteiger partial charge in [0.25, 0.3) is 5.91 Å². The molecule has 0 bridgehead atoms. The van der Waals surface area contributed by atoms with Crippen molar-refractivity contribution in [2.75, 3.05) is 0 Å². The summed E-state index contributed by atoms with van der Waals surface area (Å²) in [4.78, 5) is 28.6. The van der Waals surface area contributed by atoms with Crippen molar-refractivity contribution >= 4 is 23.5 Å². The number of amides is 1. The summed E-state index contributed by atoms with van der Waals surface area (Å²) in [5.41, 5.74) is 0.269. The zero-order chi connectivity index (χ0) is 22.0. The summed E-state index contributed by atoms with van der Waals surface area (Å²) < 4.78 is 19.1. The van der Waals surface area contributed by atoms with E-state index >= 15 is 0 Å². The lowest BCUT2D eigenvalue weighted by Gasteiger charge is -2.43. The summed E-state index contributed by atoms with van der Waals surface area (Å²) in [6.45, 7) is 0. The Morgan fingerprint density at radius 2 is 1.90 bits per heavy atom. The molecule has 8 heteroatoms. The average Bonchev–Trinajstić information content (AvgIpc) is 2.72. The van der Waals surface area contributed by atoms with Gasteiger partial charge in [-0.3, -0.25) is 4.79 Å². The topological polar surface area (TPSA) is 88.5 Å². The number of pyridine rings is 1. The van der Waals surface area contributed by atoms with Crippen LogP contribution in [-0.4, -0.2) is 22.0 Å². The third-order valence-electron chi connectivity index (χ3n) is 5.30. The molecule has 2 aromatic carbocycles. The van der Waals surface area contributed by atoms with Crippen molar-refractivity contribution in [3.8, 4) is 11.6 Å². The fraction of sp³-hybridized carbons (Fsp3) is 0.174. The summed E-state index contributed by atoms with van der Waals surface area (Å²) in [7, 11) is 0.